The summed E-state index contributed by atoms with van der Waals surface area (Å²) in [4.78, 5) is 0. The van der Waals surface area contributed by atoms with Crippen LogP contribution in [0, 0.1) is 68.0 Å². The lowest BCUT2D eigenvalue weighted by Crippen LogP contribution is -3.00. The van der Waals surface area contributed by atoms with Crippen LogP contribution in [0.4, 0.5) is 0 Å². The van der Waals surface area contributed by atoms with Crippen molar-refractivity contribution in [2.24, 2.45) is 0 Å². The van der Waals surface area contributed by atoms with Crippen LogP contribution in [0.1, 0.15) is 45.4 Å². The average molecular weight is 574 g/mol. The topological polar surface area (TPSA) is 143 Å². The maximum Gasteiger partial charge on any atom is 0.166 e. The van der Waals surface area contributed by atoms with Crippen molar-refractivity contribution in [3.63, 3.8) is 0 Å². The summed E-state index contributed by atoms with van der Waals surface area (Å²) in [5.74, 6) is 0. The van der Waals surface area contributed by atoms with Crippen LogP contribution >= 0.6 is 14.5 Å². The summed E-state index contributed by atoms with van der Waals surface area (Å²) in [6.07, 6.45) is 6.61. The van der Waals surface area contributed by atoms with Gasteiger partial charge in [-0.05, 0) is 0 Å². The van der Waals surface area contributed by atoms with Gasteiger partial charge in [0, 0.05) is 6.92 Å². The molecule has 0 amide bonds. The van der Waals surface area contributed by atoms with E-state index < -0.39 is 14.5 Å². The molecule has 10 heteroatoms. The molecule has 0 aliphatic carbocycles. The van der Waals surface area contributed by atoms with Gasteiger partial charge < -0.3 is 34.0 Å². The Bertz CT molecular complexity index is 580. The Morgan fingerprint density at radius 2 is 0.633 bits per heavy atom. The molecule has 0 heterocycles. The number of nitrogens with zero attached hydrogens (tertiary/aromatic N) is 6. The monoisotopic (exact) mass is 572 g/mol. The summed E-state index contributed by atoms with van der Waals surface area (Å²) in [7, 11) is -3.65. The fourth-order valence-corrected chi connectivity index (χ4v) is 17.0. The highest BCUT2D eigenvalue weighted by Gasteiger charge is 2.57. The van der Waals surface area contributed by atoms with Gasteiger partial charge in [-0.25, -0.2) is 0 Å². The van der Waals surface area contributed by atoms with Gasteiger partial charge in [-0.1, -0.05) is 0 Å². The molecule has 0 saturated carbocycles. The molecule has 0 atom stereocenters. The normalized spacial score (nSPS) is 10.0. The highest BCUT2D eigenvalue weighted by atomic mass is 79.9. The van der Waals surface area contributed by atoms with Crippen LogP contribution in [-0.2, 0) is 0 Å². The molecule has 0 saturated heterocycles. The molecule has 0 aromatic rings. The summed E-state index contributed by atoms with van der Waals surface area (Å²) in [5, 5.41) is 55.4. The van der Waals surface area contributed by atoms with E-state index in [0.29, 0.717) is 75.5 Å². The second kappa shape index (κ2) is 19.7. The first kappa shape index (κ1) is 33.4. The van der Waals surface area contributed by atoms with E-state index in [0.717, 1.165) is 0 Å². The van der Waals surface area contributed by atoms with Crippen molar-refractivity contribution < 1.29 is 34.0 Å². The first-order valence-electron chi connectivity index (χ1n) is 9.45. The molecule has 162 valence electrons. The third-order valence-corrected chi connectivity index (χ3v) is 18.4. The van der Waals surface area contributed by atoms with E-state index in [9.17, 15) is 31.6 Å². The third kappa shape index (κ3) is 10.7. The van der Waals surface area contributed by atoms with Crippen LogP contribution in [0.25, 0.3) is 0 Å². The SMILES string of the molecule is CC([P+](CCC#N)(CCC#N)CCC#N)[P+](CCC#N)(CCC#N)CCC#N.[Br-].[Br-]. The standard InChI is InChI=1S/C20H28N6P2.2BrH/c1-20(27(14-2-8-21,15-3-9-22)16-4-10-23)28(17-5-11-24,18-6-12-25)19-7-13-26;;/h20H,2-7,14-19H2,1H3;2*1H/q+2;;/p-2. The van der Waals surface area contributed by atoms with E-state index in [-0.39, 0.29) is 39.4 Å². The Morgan fingerprint density at radius 3 is 0.767 bits per heavy atom. The Morgan fingerprint density at radius 1 is 0.467 bits per heavy atom. The summed E-state index contributed by atoms with van der Waals surface area (Å²) in [6.45, 7) is 2.17. The van der Waals surface area contributed by atoms with E-state index in [1.807, 2.05) is 0 Å². The minimum atomic E-state index is -1.83. The molecule has 0 N–H and O–H groups in total. The predicted octanol–water partition coefficient (Wildman–Crippen LogP) is -1.14. The molecule has 0 unspecified atom stereocenters. The van der Waals surface area contributed by atoms with E-state index in [1.165, 1.54) is 0 Å². The molecule has 30 heavy (non-hydrogen) atoms. The van der Waals surface area contributed by atoms with Crippen molar-refractivity contribution in [2.75, 3.05) is 37.0 Å². The fourth-order valence-electron chi connectivity index (χ4n) is 3.95. The zero-order valence-electron chi connectivity index (χ0n) is 17.4. The first-order chi connectivity index (χ1) is 13.5. The zero-order chi connectivity index (χ0) is 21.3. The molecule has 6 nitrogen and oxygen atoms in total. The Labute approximate surface area is 203 Å². The Kier molecular flexibility index (Phi) is 21.9. The molecule has 0 fully saturated rings. The van der Waals surface area contributed by atoms with Gasteiger partial charge in [0.05, 0.1) is 126 Å². The molecule has 0 aliphatic heterocycles. The van der Waals surface area contributed by atoms with Crippen molar-refractivity contribution >= 4 is 14.5 Å². The smallest absolute Gasteiger partial charge is 0.166 e. The van der Waals surface area contributed by atoms with Crippen molar-refractivity contribution in [1.29, 1.82) is 31.6 Å². The molecule has 0 aromatic carbocycles. The van der Waals surface area contributed by atoms with Crippen LogP contribution in [0.3, 0.4) is 0 Å². The number of nitriles is 6. The van der Waals surface area contributed by atoms with Gasteiger partial charge in [0.15, 0.2) is 5.40 Å². The fraction of sp³-hybridized carbons (Fsp3) is 0.700. The number of halogens is 2. The largest absolute Gasteiger partial charge is 1.00 e. The van der Waals surface area contributed by atoms with Gasteiger partial charge in [0.2, 0.25) is 0 Å². The molecule has 0 spiro atoms. The molecule has 0 bridgehead atoms. The van der Waals surface area contributed by atoms with Crippen molar-refractivity contribution in [1.82, 2.24) is 0 Å². The van der Waals surface area contributed by atoms with Crippen LogP contribution in [0.5, 0.6) is 0 Å². The van der Waals surface area contributed by atoms with Crippen LogP contribution in [0.2, 0.25) is 0 Å². The van der Waals surface area contributed by atoms with E-state index in [4.69, 9.17) is 0 Å². The molecular formula is C20H28Br2N6P2. The van der Waals surface area contributed by atoms with Crippen molar-refractivity contribution in [3.05, 3.63) is 0 Å². The van der Waals surface area contributed by atoms with Crippen LogP contribution < -0.4 is 34.0 Å². The third-order valence-electron chi connectivity index (χ3n) is 5.60. The minimum Gasteiger partial charge on any atom is -1.00 e. The molecule has 0 aromatic heterocycles. The lowest BCUT2D eigenvalue weighted by atomic mass is 10.5. The number of hydrogen-bond donors (Lipinski definition) is 0. The maximum absolute atomic E-state index is 9.21. The number of rotatable bonds is 14. The Hall–Kier alpha value is -1.24. The summed E-state index contributed by atoms with van der Waals surface area (Å²) in [6, 6.07) is 13.4. The zero-order valence-corrected chi connectivity index (χ0v) is 22.4. The van der Waals surface area contributed by atoms with Gasteiger partial charge in [-0.15, -0.1) is 0 Å². The maximum atomic E-state index is 9.21. The van der Waals surface area contributed by atoms with Gasteiger partial charge in [0.1, 0.15) is 0 Å². The minimum absolute atomic E-state index is 0. The summed E-state index contributed by atoms with van der Waals surface area (Å²) < 4.78 is 0. The highest BCUT2D eigenvalue weighted by molar-refractivity contribution is 7.93. The lowest BCUT2D eigenvalue weighted by Gasteiger charge is -2.39. The summed E-state index contributed by atoms with van der Waals surface area (Å²) in [5.41, 5.74) is 0. The van der Waals surface area contributed by atoms with Crippen LogP contribution in [-0.4, -0.2) is 42.4 Å². The van der Waals surface area contributed by atoms with Gasteiger partial charge in [-0.3, -0.25) is 0 Å². The molecule has 0 radical (unpaired) electrons. The number of hydrogen-bond acceptors (Lipinski definition) is 6. The van der Waals surface area contributed by atoms with Crippen molar-refractivity contribution in [3.8, 4) is 36.4 Å². The first-order valence-corrected chi connectivity index (χ1v) is 14.3. The van der Waals surface area contributed by atoms with Crippen molar-refractivity contribution in [2.45, 2.75) is 50.8 Å². The highest BCUT2D eigenvalue weighted by Crippen LogP contribution is 2.80. The second-order valence-corrected chi connectivity index (χ2v) is 16.4. The van der Waals surface area contributed by atoms with E-state index >= 15 is 0 Å². The lowest BCUT2D eigenvalue weighted by molar-refractivity contribution is -0.00100. The summed E-state index contributed by atoms with van der Waals surface area (Å²) >= 11 is 0. The van der Waals surface area contributed by atoms with Gasteiger partial charge in [0.25, 0.3) is 0 Å². The molecular weight excluding hydrogens is 546 g/mol. The quantitative estimate of drug-likeness (QED) is 0.240. The van der Waals surface area contributed by atoms with Gasteiger partial charge in [-0.2, -0.15) is 31.6 Å². The second-order valence-electron chi connectivity index (χ2n) is 6.86. The van der Waals surface area contributed by atoms with E-state index in [1.54, 1.807) is 0 Å². The van der Waals surface area contributed by atoms with Crippen LogP contribution in [0.15, 0.2) is 0 Å². The van der Waals surface area contributed by atoms with Gasteiger partial charge >= 0.3 is 0 Å². The Balaban J connectivity index is -0.00000364. The molecule has 0 rings (SSSR count). The average Bonchev–Trinajstić information content (AvgIpc) is 2.73. The van der Waals surface area contributed by atoms with E-state index in [2.05, 4.69) is 43.3 Å². The molecule has 0 aliphatic rings. The predicted molar refractivity (Wildman–Crippen MR) is 114 cm³/mol.